The van der Waals surface area contributed by atoms with Crippen LogP contribution in [0.4, 0.5) is 0 Å². The molecule has 2 aromatic heterocycles. The lowest BCUT2D eigenvalue weighted by molar-refractivity contribution is 0.299. The zero-order valence-corrected chi connectivity index (χ0v) is 18.7. The van der Waals surface area contributed by atoms with E-state index in [2.05, 4.69) is 71.6 Å². The number of ether oxygens (including phenoxy) is 1. The minimum Gasteiger partial charge on any atom is -0.491 e. The Bertz CT molecular complexity index is 1200. The summed E-state index contributed by atoms with van der Waals surface area (Å²) in [5, 5.41) is 1.17. The van der Waals surface area contributed by atoms with Gasteiger partial charge in [0.2, 0.25) is 0 Å². The first-order chi connectivity index (χ1) is 13.4. The van der Waals surface area contributed by atoms with Crippen LogP contribution < -0.4 is 4.74 Å². The van der Waals surface area contributed by atoms with Gasteiger partial charge in [-0.15, -0.1) is 11.3 Å². The quantitative estimate of drug-likeness (QED) is 0.326. The molecule has 0 saturated heterocycles. The van der Waals surface area contributed by atoms with Gasteiger partial charge in [-0.05, 0) is 43.2 Å². The lowest BCUT2D eigenvalue weighted by Gasteiger charge is -2.16. The SMILES string of the molecule is CC(C)(C)c1nc2cc(-c3nc4cc(Br)cc5c4n3CCCCO5)ccc2s1. The standard InChI is InChI=1S/C22H22BrN3OS/c1-22(2,3)21-25-15-10-13(6-7-18(15)28-21)20-24-16-11-14(23)12-17-19(16)26(20)8-4-5-9-27-17/h6-7,10-12H,4-5,8-9H2,1-3H3. The van der Waals surface area contributed by atoms with Crippen LogP contribution in [0.5, 0.6) is 5.75 Å². The third-order valence-electron chi connectivity index (χ3n) is 5.09. The molecular formula is C22H22BrN3OS. The summed E-state index contributed by atoms with van der Waals surface area (Å²) in [7, 11) is 0. The normalized spacial score (nSPS) is 14.9. The highest BCUT2D eigenvalue weighted by Crippen LogP contribution is 2.37. The number of benzene rings is 2. The summed E-state index contributed by atoms with van der Waals surface area (Å²) in [6.45, 7) is 8.34. The summed E-state index contributed by atoms with van der Waals surface area (Å²) in [6.07, 6.45) is 2.13. The van der Waals surface area contributed by atoms with Crippen molar-refractivity contribution >= 4 is 48.5 Å². The van der Waals surface area contributed by atoms with Crippen molar-refractivity contribution in [3.8, 4) is 17.1 Å². The molecule has 0 atom stereocenters. The van der Waals surface area contributed by atoms with Crippen molar-refractivity contribution in [1.82, 2.24) is 14.5 Å². The van der Waals surface area contributed by atoms with E-state index in [0.29, 0.717) is 0 Å². The Morgan fingerprint density at radius 3 is 2.75 bits per heavy atom. The van der Waals surface area contributed by atoms with E-state index < -0.39 is 0 Å². The molecule has 0 amide bonds. The minimum absolute atomic E-state index is 0.0620. The van der Waals surface area contributed by atoms with Gasteiger partial charge in [-0.3, -0.25) is 0 Å². The summed E-state index contributed by atoms with van der Waals surface area (Å²) < 4.78 is 10.6. The lowest BCUT2D eigenvalue weighted by Crippen LogP contribution is -2.09. The van der Waals surface area contributed by atoms with Gasteiger partial charge in [0.1, 0.15) is 17.1 Å². The summed E-state index contributed by atoms with van der Waals surface area (Å²) in [6, 6.07) is 10.7. The molecule has 0 aliphatic carbocycles. The maximum absolute atomic E-state index is 6.04. The molecule has 5 rings (SSSR count). The van der Waals surface area contributed by atoms with Gasteiger partial charge in [-0.1, -0.05) is 36.7 Å². The second-order valence-corrected chi connectivity index (χ2v) is 10.3. The average Bonchev–Trinajstić information content (AvgIpc) is 3.19. The van der Waals surface area contributed by atoms with Crippen LogP contribution >= 0.6 is 27.3 Å². The predicted molar refractivity (Wildman–Crippen MR) is 119 cm³/mol. The molecule has 1 aliphatic heterocycles. The second kappa shape index (κ2) is 6.56. The Labute approximate surface area is 176 Å². The zero-order chi connectivity index (χ0) is 19.5. The highest BCUT2D eigenvalue weighted by atomic mass is 79.9. The summed E-state index contributed by atoms with van der Waals surface area (Å²) in [5.74, 6) is 1.90. The summed E-state index contributed by atoms with van der Waals surface area (Å²) >= 11 is 5.38. The molecule has 0 bridgehead atoms. The van der Waals surface area contributed by atoms with Crippen LogP contribution in [-0.4, -0.2) is 21.1 Å². The maximum atomic E-state index is 6.04. The largest absolute Gasteiger partial charge is 0.491 e. The summed E-state index contributed by atoms with van der Waals surface area (Å²) in [5.41, 5.74) is 4.28. The van der Waals surface area contributed by atoms with Crippen LogP contribution in [0.25, 0.3) is 32.6 Å². The Hall–Kier alpha value is -1.92. The molecule has 6 heteroatoms. The lowest BCUT2D eigenvalue weighted by atomic mass is 9.98. The third-order valence-corrected chi connectivity index (χ3v) is 7.01. The molecule has 0 fully saturated rings. The Morgan fingerprint density at radius 1 is 1.07 bits per heavy atom. The molecular weight excluding hydrogens is 434 g/mol. The van der Waals surface area contributed by atoms with E-state index >= 15 is 0 Å². The van der Waals surface area contributed by atoms with Crippen molar-refractivity contribution in [3.05, 3.63) is 39.8 Å². The van der Waals surface area contributed by atoms with Crippen LogP contribution in [0, 0.1) is 0 Å². The van der Waals surface area contributed by atoms with E-state index in [1.54, 1.807) is 11.3 Å². The maximum Gasteiger partial charge on any atom is 0.146 e. The van der Waals surface area contributed by atoms with Crippen molar-refractivity contribution in [2.75, 3.05) is 6.61 Å². The number of fused-ring (bicyclic) bond motifs is 1. The Morgan fingerprint density at radius 2 is 1.93 bits per heavy atom. The van der Waals surface area contributed by atoms with Gasteiger partial charge in [-0.25, -0.2) is 9.97 Å². The number of hydrogen-bond acceptors (Lipinski definition) is 4. The van der Waals surface area contributed by atoms with Gasteiger partial charge in [0.05, 0.1) is 27.3 Å². The van der Waals surface area contributed by atoms with E-state index in [1.807, 2.05) is 0 Å². The minimum atomic E-state index is 0.0620. The number of aryl methyl sites for hydroxylation is 1. The average molecular weight is 456 g/mol. The number of aromatic nitrogens is 3. The smallest absolute Gasteiger partial charge is 0.146 e. The Kier molecular flexibility index (Phi) is 4.25. The van der Waals surface area contributed by atoms with Crippen LogP contribution in [0.1, 0.15) is 38.6 Å². The first-order valence-electron chi connectivity index (χ1n) is 9.64. The van der Waals surface area contributed by atoms with Crippen molar-refractivity contribution < 1.29 is 4.74 Å². The van der Waals surface area contributed by atoms with E-state index in [1.165, 1.54) is 9.71 Å². The van der Waals surface area contributed by atoms with Crippen LogP contribution in [0.3, 0.4) is 0 Å². The van der Waals surface area contributed by atoms with Gasteiger partial charge in [0.15, 0.2) is 0 Å². The Balaban J connectivity index is 1.71. The number of nitrogens with zero attached hydrogens (tertiary/aromatic N) is 3. The van der Waals surface area contributed by atoms with Crippen molar-refractivity contribution in [2.45, 2.75) is 45.6 Å². The van der Waals surface area contributed by atoms with E-state index in [-0.39, 0.29) is 5.41 Å². The monoisotopic (exact) mass is 455 g/mol. The molecule has 0 spiro atoms. The van der Waals surface area contributed by atoms with Gasteiger partial charge in [0.25, 0.3) is 0 Å². The number of halogens is 1. The van der Waals surface area contributed by atoms with Crippen LogP contribution in [-0.2, 0) is 12.0 Å². The van der Waals surface area contributed by atoms with Crippen molar-refractivity contribution in [2.24, 2.45) is 0 Å². The number of thiazole rings is 1. The predicted octanol–water partition coefficient (Wildman–Crippen LogP) is 6.55. The number of rotatable bonds is 1. The van der Waals surface area contributed by atoms with Crippen LogP contribution in [0.15, 0.2) is 34.8 Å². The molecule has 4 aromatic rings. The first kappa shape index (κ1) is 18.1. The van der Waals surface area contributed by atoms with E-state index in [4.69, 9.17) is 14.7 Å². The van der Waals surface area contributed by atoms with Crippen molar-refractivity contribution in [1.29, 1.82) is 0 Å². The van der Waals surface area contributed by atoms with E-state index in [9.17, 15) is 0 Å². The van der Waals surface area contributed by atoms with E-state index in [0.717, 1.165) is 64.2 Å². The first-order valence-corrected chi connectivity index (χ1v) is 11.3. The second-order valence-electron chi connectivity index (χ2n) is 8.37. The zero-order valence-electron chi connectivity index (χ0n) is 16.3. The molecule has 0 saturated carbocycles. The molecule has 4 nitrogen and oxygen atoms in total. The molecule has 144 valence electrons. The van der Waals surface area contributed by atoms with Crippen molar-refractivity contribution in [3.63, 3.8) is 0 Å². The topological polar surface area (TPSA) is 39.9 Å². The van der Waals surface area contributed by atoms with Gasteiger partial charge >= 0.3 is 0 Å². The van der Waals surface area contributed by atoms with Gasteiger partial charge < -0.3 is 9.30 Å². The molecule has 28 heavy (non-hydrogen) atoms. The molecule has 0 radical (unpaired) electrons. The fraction of sp³-hybridized carbons (Fsp3) is 0.364. The molecule has 0 N–H and O–H groups in total. The molecule has 2 aromatic carbocycles. The van der Waals surface area contributed by atoms with Gasteiger partial charge in [-0.2, -0.15) is 0 Å². The highest BCUT2D eigenvalue weighted by Gasteiger charge is 2.21. The number of imidazole rings is 1. The fourth-order valence-corrected chi connectivity index (χ4v) is 5.12. The molecule has 1 aliphatic rings. The summed E-state index contributed by atoms with van der Waals surface area (Å²) in [4.78, 5) is 9.90. The number of hydrogen-bond donors (Lipinski definition) is 0. The molecule has 0 unspecified atom stereocenters. The fourth-order valence-electron chi connectivity index (χ4n) is 3.69. The molecule has 3 heterocycles. The highest BCUT2D eigenvalue weighted by molar-refractivity contribution is 9.10. The third kappa shape index (κ3) is 3.03. The van der Waals surface area contributed by atoms with Crippen LogP contribution in [0.2, 0.25) is 0 Å². The van der Waals surface area contributed by atoms with Gasteiger partial charge in [0, 0.05) is 22.0 Å².